The van der Waals surface area contributed by atoms with Crippen LogP contribution in [0.5, 0.6) is 0 Å². The van der Waals surface area contributed by atoms with Crippen molar-refractivity contribution in [2.24, 2.45) is 5.41 Å². The van der Waals surface area contributed by atoms with Gasteiger partial charge in [-0.15, -0.1) is 0 Å². The summed E-state index contributed by atoms with van der Waals surface area (Å²) in [5.41, 5.74) is -0.283. The van der Waals surface area contributed by atoms with Gasteiger partial charge in [0.2, 0.25) is 0 Å². The average molecular weight is 330 g/mol. The minimum atomic E-state index is -4.41. The van der Waals surface area contributed by atoms with Crippen molar-refractivity contribution in [3.63, 3.8) is 0 Å². The summed E-state index contributed by atoms with van der Waals surface area (Å²) in [7, 11) is -1.54. The van der Waals surface area contributed by atoms with Gasteiger partial charge in [-0.1, -0.05) is 50.8 Å². The SMILES string of the molecule is C=C(C)C(C)(C[Si](C)(C)C)C(O)c1cccc(C(F)(F)F)c1. The van der Waals surface area contributed by atoms with Crippen LogP contribution >= 0.6 is 0 Å². The van der Waals surface area contributed by atoms with Crippen LogP contribution in [0, 0.1) is 5.41 Å². The highest BCUT2D eigenvalue weighted by molar-refractivity contribution is 6.76. The predicted octanol–water partition coefficient (Wildman–Crippen LogP) is 5.66. The maximum absolute atomic E-state index is 12.9. The molecule has 22 heavy (non-hydrogen) atoms. The second kappa shape index (κ2) is 6.20. The highest BCUT2D eigenvalue weighted by Gasteiger charge is 2.40. The molecule has 0 aliphatic rings. The smallest absolute Gasteiger partial charge is 0.388 e. The third-order valence-corrected chi connectivity index (χ3v) is 5.80. The highest BCUT2D eigenvalue weighted by atomic mass is 28.3. The molecule has 0 bridgehead atoms. The maximum atomic E-state index is 12.9. The van der Waals surface area contributed by atoms with E-state index in [2.05, 4.69) is 26.2 Å². The lowest BCUT2D eigenvalue weighted by molar-refractivity contribution is -0.137. The van der Waals surface area contributed by atoms with Crippen molar-refractivity contribution in [2.45, 2.75) is 51.8 Å². The summed E-state index contributed by atoms with van der Waals surface area (Å²) in [5, 5.41) is 10.8. The Hall–Kier alpha value is -1.07. The Kier molecular flexibility index (Phi) is 5.35. The van der Waals surface area contributed by atoms with Crippen molar-refractivity contribution in [1.82, 2.24) is 0 Å². The van der Waals surface area contributed by atoms with Crippen LogP contribution in [0.2, 0.25) is 25.7 Å². The van der Waals surface area contributed by atoms with Crippen molar-refractivity contribution in [2.75, 3.05) is 0 Å². The molecule has 0 heterocycles. The molecule has 2 atom stereocenters. The fourth-order valence-electron chi connectivity index (χ4n) is 2.84. The van der Waals surface area contributed by atoms with Crippen LogP contribution in [0.3, 0.4) is 0 Å². The number of alkyl halides is 3. The first-order chi connectivity index (χ1) is 9.77. The molecule has 0 saturated carbocycles. The Labute approximate surface area is 131 Å². The second-order valence-electron chi connectivity index (χ2n) is 7.46. The largest absolute Gasteiger partial charge is 0.416 e. The molecule has 1 aromatic rings. The molecule has 5 heteroatoms. The van der Waals surface area contributed by atoms with E-state index in [0.29, 0.717) is 5.56 Å². The summed E-state index contributed by atoms with van der Waals surface area (Å²) in [4.78, 5) is 0. The molecule has 0 aliphatic heterocycles. The molecule has 0 aromatic heterocycles. The van der Waals surface area contributed by atoms with Gasteiger partial charge in [-0.25, -0.2) is 0 Å². The molecular weight excluding hydrogens is 305 g/mol. The maximum Gasteiger partial charge on any atom is 0.416 e. The molecular formula is C17H25F3OSi. The lowest BCUT2D eigenvalue weighted by atomic mass is 9.77. The number of benzene rings is 1. The lowest BCUT2D eigenvalue weighted by Crippen LogP contribution is -2.36. The summed E-state index contributed by atoms with van der Waals surface area (Å²) in [6, 6.07) is 5.70. The van der Waals surface area contributed by atoms with Crippen molar-refractivity contribution in [1.29, 1.82) is 0 Å². The van der Waals surface area contributed by atoms with E-state index >= 15 is 0 Å². The number of aliphatic hydroxyl groups excluding tert-OH is 1. The van der Waals surface area contributed by atoms with E-state index in [-0.39, 0.29) is 0 Å². The van der Waals surface area contributed by atoms with E-state index in [4.69, 9.17) is 0 Å². The van der Waals surface area contributed by atoms with E-state index < -0.39 is 31.3 Å². The molecule has 1 aromatic carbocycles. The standard InChI is InChI=1S/C17H25F3OSi/c1-12(2)16(3,11-22(4,5)6)15(21)13-8-7-9-14(10-13)17(18,19)20/h7-10,15,21H,1,11H2,2-6H3. The molecule has 0 spiro atoms. The van der Waals surface area contributed by atoms with Gasteiger partial charge in [0.05, 0.1) is 11.7 Å². The van der Waals surface area contributed by atoms with Crippen molar-refractivity contribution >= 4 is 8.07 Å². The summed E-state index contributed by atoms with van der Waals surface area (Å²) < 4.78 is 38.6. The molecule has 124 valence electrons. The molecule has 1 N–H and O–H groups in total. The molecule has 1 nitrogen and oxygen atoms in total. The van der Waals surface area contributed by atoms with E-state index in [9.17, 15) is 18.3 Å². The highest BCUT2D eigenvalue weighted by Crippen LogP contribution is 2.46. The Bertz CT molecular complexity index is 546. The number of hydrogen-bond acceptors (Lipinski definition) is 1. The monoisotopic (exact) mass is 330 g/mol. The predicted molar refractivity (Wildman–Crippen MR) is 87.5 cm³/mol. The fourth-order valence-corrected chi connectivity index (χ4v) is 5.53. The third kappa shape index (κ3) is 4.46. The van der Waals surface area contributed by atoms with Crippen LogP contribution in [0.25, 0.3) is 0 Å². The molecule has 2 unspecified atom stereocenters. The van der Waals surface area contributed by atoms with E-state index in [1.54, 1.807) is 6.07 Å². The van der Waals surface area contributed by atoms with Gasteiger partial charge in [-0.3, -0.25) is 0 Å². The van der Waals surface area contributed by atoms with Crippen molar-refractivity contribution < 1.29 is 18.3 Å². The Morgan fingerprint density at radius 3 is 2.23 bits per heavy atom. The van der Waals surface area contributed by atoms with E-state index in [1.165, 1.54) is 6.07 Å². The first kappa shape index (κ1) is 19.0. The zero-order valence-electron chi connectivity index (χ0n) is 13.9. The first-order valence-electron chi connectivity index (χ1n) is 7.28. The van der Waals surface area contributed by atoms with Gasteiger partial charge in [0.25, 0.3) is 0 Å². The van der Waals surface area contributed by atoms with Gasteiger partial charge in [-0.05, 0) is 30.7 Å². The zero-order valence-corrected chi connectivity index (χ0v) is 14.9. The van der Waals surface area contributed by atoms with Gasteiger partial charge < -0.3 is 5.11 Å². The van der Waals surface area contributed by atoms with Gasteiger partial charge in [-0.2, -0.15) is 13.2 Å². The van der Waals surface area contributed by atoms with E-state index in [1.807, 2.05) is 13.8 Å². The average Bonchev–Trinajstić information content (AvgIpc) is 2.34. The van der Waals surface area contributed by atoms with Crippen LogP contribution < -0.4 is 0 Å². The molecule has 1 rings (SSSR count). The fraction of sp³-hybridized carbons (Fsp3) is 0.529. The third-order valence-electron chi connectivity index (χ3n) is 4.01. The van der Waals surface area contributed by atoms with Crippen LogP contribution in [-0.2, 0) is 6.18 Å². The lowest BCUT2D eigenvalue weighted by Gasteiger charge is -2.40. The first-order valence-corrected chi connectivity index (χ1v) is 11.0. The minimum absolute atomic E-state index is 0.290. The minimum Gasteiger partial charge on any atom is -0.388 e. The van der Waals surface area contributed by atoms with Crippen LogP contribution in [0.15, 0.2) is 36.4 Å². The van der Waals surface area contributed by atoms with Gasteiger partial charge in [0.15, 0.2) is 0 Å². The number of halogens is 3. The van der Waals surface area contributed by atoms with Gasteiger partial charge in [0, 0.05) is 13.5 Å². The molecule has 0 radical (unpaired) electrons. The Morgan fingerprint density at radius 1 is 1.27 bits per heavy atom. The van der Waals surface area contributed by atoms with Crippen LogP contribution in [0.1, 0.15) is 31.1 Å². The molecule has 0 saturated heterocycles. The van der Waals surface area contributed by atoms with Crippen LogP contribution in [-0.4, -0.2) is 13.2 Å². The summed E-state index contributed by atoms with van der Waals surface area (Å²) in [5.74, 6) is 0. The summed E-state index contributed by atoms with van der Waals surface area (Å²) in [6.45, 7) is 14.2. The second-order valence-corrected chi connectivity index (χ2v) is 12.9. The summed E-state index contributed by atoms with van der Waals surface area (Å²) >= 11 is 0. The number of rotatable bonds is 5. The Morgan fingerprint density at radius 2 is 1.82 bits per heavy atom. The van der Waals surface area contributed by atoms with Gasteiger partial charge in [0.1, 0.15) is 0 Å². The van der Waals surface area contributed by atoms with E-state index in [0.717, 1.165) is 23.7 Å². The molecule has 0 fully saturated rings. The van der Waals surface area contributed by atoms with Crippen LogP contribution in [0.4, 0.5) is 13.2 Å². The van der Waals surface area contributed by atoms with Gasteiger partial charge >= 0.3 is 6.18 Å². The topological polar surface area (TPSA) is 20.2 Å². The van der Waals surface area contributed by atoms with Crippen molar-refractivity contribution in [3.8, 4) is 0 Å². The number of aliphatic hydroxyl groups is 1. The molecule has 0 aliphatic carbocycles. The van der Waals surface area contributed by atoms with Crippen molar-refractivity contribution in [3.05, 3.63) is 47.5 Å². The normalized spacial score (nSPS) is 17.0. The number of hydrogen-bond donors (Lipinski definition) is 1. The summed E-state index contributed by atoms with van der Waals surface area (Å²) in [6.07, 6.45) is -5.41. The Balaban J connectivity index is 3.26. The zero-order chi connectivity index (χ0) is 17.3. The molecule has 0 amide bonds. The quantitative estimate of drug-likeness (QED) is 0.545.